The van der Waals surface area contributed by atoms with E-state index in [1.165, 1.54) is 10.8 Å². The molecule has 0 saturated heterocycles. The van der Waals surface area contributed by atoms with Crippen molar-refractivity contribution in [3.8, 4) is 5.75 Å². The van der Waals surface area contributed by atoms with Gasteiger partial charge in [0.25, 0.3) is 0 Å². The number of hydrogen-bond acceptors (Lipinski definition) is 1. The molecule has 0 bridgehead atoms. The first-order valence-corrected chi connectivity index (χ1v) is 5.25. The molecule has 0 atom stereocenters. The van der Waals surface area contributed by atoms with E-state index in [0.717, 1.165) is 5.75 Å². The van der Waals surface area contributed by atoms with E-state index >= 15 is 0 Å². The van der Waals surface area contributed by atoms with Crippen LogP contribution in [0.2, 0.25) is 0 Å². The predicted octanol–water partition coefficient (Wildman–Crippen LogP) is 2.92. The van der Waals surface area contributed by atoms with Crippen molar-refractivity contribution in [2.45, 2.75) is 20.8 Å². The molecular formula is C11H14OSi. The van der Waals surface area contributed by atoms with E-state index < -0.39 is 0 Å². The van der Waals surface area contributed by atoms with E-state index in [2.05, 4.69) is 32.1 Å². The molecule has 0 fully saturated rings. The maximum absolute atomic E-state index is 5.60. The van der Waals surface area contributed by atoms with Crippen LogP contribution >= 0.6 is 0 Å². The quantitative estimate of drug-likeness (QED) is 0.666. The monoisotopic (exact) mass is 190 g/mol. The maximum Gasteiger partial charge on any atom is 0.346 e. The van der Waals surface area contributed by atoms with Crippen molar-refractivity contribution in [1.82, 2.24) is 0 Å². The number of aryl methyl sites for hydroxylation is 1. The summed E-state index contributed by atoms with van der Waals surface area (Å²) in [5.41, 5.74) is 1.24. The zero-order chi connectivity index (χ0) is 9.68. The molecule has 0 saturated carbocycles. The molecule has 0 unspecified atom stereocenters. The molecule has 1 aromatic rings. The van der Waals surface area contributed by atoms with Gasteiger partial charge in [0.15, 0.2) is 0 Å². The molecule has 2 radical (unpaired) electrons. The van der Waals surface area contributed by atoms with Gasteiger partial charge < -0.3 is 4.43 Å². The molecule has 2 heteroatoms. The van der Waals surface area contributed by atoms with Crippen molar-refractivity contribution in [2.24, 2.45) is 0 Å². The second kappa shape index (κ2) is 4.87. The summed E-state index contributed by atoms with van der Waals surface area (Å²) in [4.78, 5) is 0. The van der Waals surface area contributed by atoms with Gasteiger partial charge in [-0.2, -0.15) is 0 Å². The van der Waals surface area contributed by atoms with Crippen LogP contribution in [0.15, 0.2) is 35.5 Å². The number of allylic oxidation sites excluding steroid dienone is 2. The molecule has 0 aliphatic rings. The minimum Gasteiger partial charge on any atom is -0.536 e. The third-order valence-electron chi connectivity index (χ3n) is 1.75. The first-order valence-electron chi connectivity index (χ1n) is 4.35. The van der Waals surface area contributed by atoms with Gasteiger partial charge in [0.05, 0.1) is 0 Å². The highest BCUT2D eigenvalue weighted by atomic mass is 28.2. The Morgan fingerprint density at radius 3 is 2.85 bits per heavy atom. The molecular weight excluding hydrogens is 176 g/mol. The van der Waals surface area contributed by atoms with Crippen LogP contribution in [0.3, 0.4) is 0 Å². The Morgan fingerprint density at radius 1 is 1.46 bits per heavy atom. The van der Waals surface area contributed by atoms with Gasteiger partial charge in [-0.15, -0.1) is 0 Å². The Morgan fingerprint density at radius 2 is 2.23 bits per heavy atom. The van der Waals surface area contributed by atoms with Gasteiger partial charge in [-0.25, -0.2) is 0 Å². The minimum absolute atomic E-state index is 0.441. The molecule has 0 heterocycles. The van der Waals surface area contributed by atoms with Crippen LogP contribution in [0.5, 0.6) is 5.75 Å². The lowest BCUT2D eigenvalue weighted by Crippen LogP contribution is -2.03. The summed E-state index contributed by atoms with van der Waals surface area (Å²) >= 11 is 0. The summed E-state index contributed by atoms with van der Waals surface area (Å²) in [6, 6.07) is 8.12. The van der Waals surface area contributed by atoms with Crippen molar-refractivity contribution in [3.05, 3.63) is 41.1 Å². The molecule has 0 aliphatic heterocycles. The van der Waals surface area contributed by atoms with Gasteiger partial charge in [-0.05, 0) is 43.7 Å². The average molecular weight is 190 g/mol. The summed E-state index contributed by atoms with van der Waals surface area (Å²) in [5.74, 6) is 0.958. The molecule has 1 aromatic carbocycles. The smallest absolute Gasteiger partial charge is 0.346 e. The molecule has 0 N–H and O–H groups in total. The third kappa shape index (κ3) is 3.47. The zero-order valence-corrected chi connectivity index (χ0v) is 9.29. The van der Waals surface area contributed by atoms with E-state index in [0.29, 0.717) is 9.76 Å². The fraction of sp³-hybridized carbons (Fsp3) is 0.273. The number of hydrogen-bond donors (Lipinski definition) is 0. The lowest BCUT2D eigenvalue weighted by molar-refractivity contribution is 0.600. The van der Waals surface area contributed by atoms with Crippen molar-refractivity contribution in [2.75, 3.05) is 0 Å². The predicted molar refractivity (Wildman–Crippen MR) is 57.0 cm³/mol. The largest absolute Gasteiger partial charge is 0.536 e. The minimum atomic E-state index is 0.441. The Balaban J connectivity index is 2.55. The molecule has 68 valence electrons. The molecule has 0 amide bonds. The van der Waals surface area contributed by atoms with Crippen LogP contribution in [0, 0.1) is 6.92 Å². The van der Waals surface area contributed by atoms with Crippen LogP contribution in [-0.2, 0) is 0 Å². The highest BCUT2D eigenvalue weighted by Gasteiger charge is 1.96. The Labute approximate surface area is 82.4 Å². The van der Waals surface area contributed by atoms with Gasteiger partial charge in [0, 0.05) is 0 Å². The standard InChI is InChI=1S/C11H14OSi/c1-4-10(3)13-12-11-7-5-6-9(2)8-11/h4-8H,1-3H3/b10-4+. The van der Waals surface area contributed by atoms with Gasteiger partial charge in [-0.1, -0.05) is 18.2 Å². The molecule has 0 spiro atoms. The fourth-order valence-corrected chi connectivity index (χ4v) is 1.40. The normalized spacial score (nSPS) is 11.5. The average Bonchev–Trinajstić information content (AvgIpc) is 2.14. The van der Waals surface area contributed by atoms with Gasteiger partial charge in [-0.3, -0.25) is 0 Å². The van der Waals surface area contributed by atoms with Crippen LogP contribution in [0.4, 0.5) is 0 Å². The highest BCUT2D eigenvalue weighted by Crippen LogP contribution is 2.12. The fourth-order valence-electron chi connectivity index (χ4n) is 0.877. The van der Waals surface area contributed by atoms with Crippen molar-refractivity contribution < 1.29 is 4.43 Å². The molecule has 1 nitrogen and oxygen atoms in total. The van der Waals surface area contributed by atoms with Crippen molar-refractivity contribution in [3.63, 3.8) is 0 Å². The Bertz CT molecular complexity index is 305. The summed E-state index contributed by atoms with van der Waals surface area (Å²) in [7, 11) is 0.441. The van der Waals surface area contributed by atoms with Crippen LogP contribution in [-0.4, -0.2) is 9.76 Å². The van der Waals surface area contributed by atoms with Crippen LogP contribution in [0.25, 0.3) is 0 Å². The van der Waals surface area contributed by atoms with E-state index in [1.54, 1.807) is 0 Å². The van der Waals surface area contributed by atoms with Crippen LogP contribution in [0.1, 0.15) is 19.4 Å². The SMILES string of the molecule is C/C=C(\C)[Si]Oc1cccc(C)c1. The molecule has 0 aliphatic carbocycles. The second-order valence-corrected chi connectivity index (χ2v) is 4.19. The Kier molecular flexibility index (Phi) is 3.77. The number of rotatable bonds is 3. The van der Waals surface area contributed by atoms with Crippen molar-refractivity contribution in [1.29, 1.82) is 0 Å². The first-order chi connectivity index (χ1) is 6.22. The van der Waals surface area contributed by atoms with E-state index in [1.807, 2.05) is 19.1 Å². The van der Waals surface area contributed by atoms with E-state index in [9.17, 15) is 0 Å². The summed E-state index contributed by atoms with van der Waals surface area (Å²) in [6.07, 6.45) is 2.08. The lowest BCUT2D eigenvalue weighted by Gasteiger charge is -2.04. The van der Waals surface area contributed by atoms with Crippen LogP contribution < -0.4 is 4.43 Å². The molecule has 1 rings (SSSR count). The first kappa shape index (κ1) is 10.1. The van der Waals surface area contributed by atoms with Gasteiger partial charge in [0.1, 0.15) is 5.75 Å². The van der Waals surface area contributed by atoms with Gasteiger partial charge >= 0.3 is 9.76 Å². The highest BCUT2D eigenvalue weighted by molar-refractivity contribution is 6.38. The van der Waals surface area contributed by atoms with Crippen molar-refractivity contribution >= 4 is 9.76 Å². The summed E-state index contributed by atoms with van der Waals surface area (Å²) in [6.45, 7) is 6.18. The third-order valence-corrected chi connectivity index (χ3v) is 2.70. The molecule has 13 heavy (non-hydrogen) atoms. The second-order valence-electron chi connectivity index (χ2n) is 2.99. The Hall–Kier alpha value is -1.02. The van der Waals surface area contributed by atoms with E-state index in [4.69, 9.17) is 4.43 Å². The summed E-state index contributed by atoms with van der Waals surface area (Å²) in [5, 5.41) is 1.28. The number of benzene rings is 1. The molecule has 0 aromatic heterocycles. The maximum atomic E-state index is 5.60. The van der Waals surface area contributed by atoms with Gasteiger partial charge in [0.2, 0.25) is 0 Å². The zero-order valence-electron chi connectivity index (χ0n) is 8.29. The topological polar surface area (TPSA) is 9.23 Å². The van der Waals surface area contributed by atoms with E-state index in [-0.39, 0.29) is 0 Å². The summed E-state index contributed by atoms with van der Waals surface area (Å²) < 4.78 is 5.60. The lowest BCUT2D eigenvalue weighted by atomic mass is 10.2.